The van der Waals surface area contributed by atoms with Gasteiger partial charge in [-0.1, -0.05) is 95.5 Å². The maximum absolute atomic E-state index is 12.9. The monoisotopic (exact) mass is 498 g/mol. The number of rotatable bonds is 9. The number of thioether (sulfide) groups is 1. The number of carbonyl (C=O) groups excluding carboxylic acids is 1. The average molecular weight is 499 g/mol. The molecular formula is C33H54OS. The van der Waals surface area contributed by atoms with E-state index in [4.69, 9.17) is 0 Å². The minimum Gasteiger partial charge on any atom is -0.287 e. The average Bonchev–Trinajstić information content (AvgIpc) is 3.50. The van der Waals surface area contributed by atoms with Crippen LogP contribution >= 0.6 is 11.8 Å². The van der Waals surface area contributed by atoms with E-state index >= 15 is 0 Å². The molecule has 0 aliphatic heterocycles. The fraction of sp³-hybridized carbons (Fsp3) is 0.909. The lowest BCUT2D eigenvalue weighted by atomic mass is 9.47. The highest BCUT2D eigenvalue weighted by Gasteiger charge is 2.58. The first-order valence-electron chi connectivity index (χ1n) is 15.9. The molecule has 0 heterocycles. The lowest BCUT2D eigenvalue weighted by Crippen LogP contribution is -2.50. The molecule has 7 atom stereocenters. The summed E-state index contributed by atoms with van der Waals surface area (Å²) >= 11 is 1.75. The second-order valence-corrected chi connectivity index (χ2v) is 15.2. The van der Waals surface area contributed by atoms with Crippen molar-refractivity contribution in [3.63, 3.8) is 0 Å². The fourth-order valence-electron chi connectivity index (χ4n) is 9.90. The quantitative estimate of drug-likeness (QED) is 0.232. The van der Waals surface area contributed by atoms with Gasteiger partial charge in [0.15, 0.2) is 5.12 Å². The second-order valence-electron chi connectivity index (χ2n) is 13.9. The highest BCUT2D eigenvalue weighted by molar-refractivity contribution is 8.14. The van der Waals surface area contributed by atoms with Crippen molar-refractivity contribution in [3.8, 4) is 0 Å². The van der Waals surface area contributed by atoms with Crippen molar-refractivity contribution in [2.75, 3.05) is 0 Å². The van der Waals surface area contributed by atoms with Crippen LogP contribution in [0.5, 0.6) is 0 Å². The van der Waals surface area contributed by atoms with Crippen molar-refractivity contribution in [1.82, 2.24) is 0 Å². The van der Waals surface area contributed by atoms with Gasteiger partial charge in [-0.15, -0.1) is 0 Å². The molecule has 0 aromatic carbocycles. The Morgan fingerprint density at radius 2 is 1.69 bits per heavy atom. The fourth-order valence-corrected chi connectivity index (χ4v) is 11.2. The van der Waals surface area contributed by atoms with Gasteiger partial charge in [0.2, 0.25) is 0 Å². The van der Waals surface area contributed by atoms with Crippen molar-refractivity contribution in [3.05, 3.63) is 11.6 Å². The Morgan fingerprint density at radius 1 is 0.914 bits per heavy atom. The van der Waals surface area contributed by atoms with Gasteiger partial charge >= 0.3 is 0 Å². The Balaban J connectivity index is 1.19. The zero-order valence-electron chi connectivity index (χ0n) is 23.3. The first-order valence-corrected chi connectivity index (χ1v) is 16.7. The summed E-state index contributed by atoms with van der Waals surface area (Å²) in [5.74, 6) is 4.18. The molecule has 198 valence electrons. The van der Waals surface area contributed by atoms with Gasteiger partial charge in [0.05, 0.1) is 0 Å². The van der Waals surface area contributed by atoms with Crippen LogP contribution in [0.1, 0.15) is 143 Å². The molecule has 5 rings (SSSR count). The smallest absolute Gasteiger partial charge is 0.192 e. The molecule has 5 aliphatic carbocycles. The van der Waals surface area contributed by atoms with Gasteiger partial charge in [0.25, 0.3) is 0 Å². The van der Waals surface area contributed by atoms with Crippen LogP contribution in [0.4, 0.5) is 0 Å². The minimum atomic E-state index is 0.376. The molecule has 0 amide bonds. The molecule has 0 N–H and O–H groups in total. The van der Waals surface area contributed by atoms with Crippen molar-refractivity contribution in [2.45, 2.75) is 148 Å². The molecule has 4 unspecified atom stereocenters. The zero-order valence-corrected chi connectivity index (χ0v) is 24.1. The SMILES string of the molecule is CCCCCCCCC1CCC2C3CC=C4C[C@@H](SC(=O)C5CCCC5)CC[C@]4(C)C3CC[C@]12C. The van der Waals surface area contributed by atoms with Gasteiger partial charge in [0, 0.05) is 11.2 Å². The largest absolute Gasteiger partial charge is 0.287 e. The predicted molar refractivity (Wildman–Crippen MR) is 152 cm³/mol. The Morgan fingerprint density at radius 3 is 2.49 bits per heavy atom. The number of unbranched alkanes of at least 4 members (excludes halogenated alkanes) is 5. The van der Waals surface area contributed by atoms with E-state index in [2.05, 4.69) is 26.8 Å². The van der Waals surface area contributed by atoms with Crippen LogP contribution in [0, 0.1) is 40.4 Å². The summed E-state index contributed by atoms with van der Waals surface area (Å²) < 4.78 is 0. The Hall–Kier alpha value is -0.240. The molecule has 4 saturated carbocycles. The molecule has 0 radical (unpaired) electrons. The van der Waals surface area contributed by atoms with E-state index in [-0.39, 0.29) is 0 Å². The number of allylic oxidation sites excluding steroid dienone is 2. The third-order valence-electron chi connectivity index (χ3n) is 12.1. The Bertz CT molecular complexity index is 765. The molecule has 0 aromatic heterocycles. The van der Waals surface area contributed by atoms with Crippen LogP contribution in [0.15, 0.2) is 11.6 Å². The van der Waals surface area contributed by atoms with Crippen LogP contribution in [-0.4, -0.2) is 10.4 Å². The molecule has 0 bridgehead atoms. The molecule has 0 spiro atoms. The van der Waals surface area contributed by atoms with Crippen LogP contribution in [-0.2, 0) is 4.79 Å². The number of carbonyl (C=O) groups is 1. The second kappa shape index (κ2) is 11.2. The normalized spacial score (nSPS) is 41.2. The lowest BCUT2D eigenvalue weighted by molar-refractivity contribution is -0.114. The topological polar surface area (TPSA) is 17.1 Å². The minimum absolute atomic E-state index is 0.376. The third-order valence-corrected chi connectivity index (χ3v) is 13.4. The number of fused-ring (bicyclic) bond motifs is 5. The van der Waals surface area contributed by atoms with Gasteiger partial charge < -0.3 is 0 Å². The highest BCUT2D eigenvalue weighted by Crippen LogP contribution is 2.67. The van der Waals surface area contributed by atoms with Crippen molar-refractivity contribution >= 4 is 16.9 Å². The summed E-state index contributed by atoms with van der Waals surface area (Å²) in [6.07, 6.45) is 28.8. The summed E-state index contributed by atoms with van der Waals surface area (Å²) in [6.45, 7) is 7.68. The molecule has 2 heteroatoms. The molecule has 0 aromatic rings. The maximum atomic E-state index is 12.9. The number of hydrogen-bond acceptors (Lipinski definition) is 2. The standard InChI is InChI=1S/C33H54OS/c1-4-5-6-7-8-9-14-25-16-18-29-28-17-15-26-23-27(35-31(34)24-12-10-11-13-24)19-21-33(26,3)30(28)20-22-32(25,29)2/h15,24-25,27-30H,4-14,16-23H2,1-3H3/t25?,27-,28?,29?,30?,32+,33-/m0/s1. The first-order chi connectivity index (χ1) is 17.0. The molecular weight excluding hydrogens is 444 g/mol. The van der Waals surface area contributed by atoms with Gasteiger partial charge in [-0.05, 0) is 105 Å². The molecule has 5 aliphatic rings. The van der Waals surface area contributed by atoms with Crippen LogP contribution < -0.4 is 0 Å². The summed E-state index contributed by atoms with van der Waals surface area (Å²) in [7, 11) is 0. The summed E-state index contributed by atoms with van der Waals surface area (Å²) in [5, 5.41) is 1.09. The molecule has 0 saturated heterocycles. The van der Waals surface area contributed by atoms with E-state index in [1.807, 2.05) is 0 Å². The predicted octanol–water partition coefficient (Wildman–Crippen LogP) is 10.1. The maximum Gasteiger partial charge on any atom is 0.192 e. The van der Waals surface area contributed by atoms with E-state index in [1.54, 1.807) is 17.3 Å². The Labute approximate surface area is 221 Å². The van der Waals surface area contributed by atoms with Crippen LogP contribution in [0.25, 0.3) is 0 Å². The van der Waals surface area contributed by atoms with Crippen LogP contribution in [0.3, 0.4) is 0 Å². The lowest BCUT2D eigenvalue weighted by Gasteiger charge is -2.58. The van der Waals surface area contributed by atoms with Crippen molar-refractivity contribution in [1.29, 1.82) is 0 Å². The highest BCUT2D eigenvalue weighted by atomic mass is 32.2. The van der Waals surface area contributed by atoms with Crippen LogP contribution in [0.2, 0.25) is 0 Å². The summed E-state index contributed by atoms with van der Waals surface area (Å²) in [5.41, 5.74) is 2.80. The third kappa shape index (κ3) is 5.22. The number of hydrogen-bond donors (Lipinski definition) is 0. The van der Waals surface area contributed by atoms with Gasteiger partial charge in [0.1, 0.15) is 0 Å². The molecule has 35 heavy (non-hydrogen) atoms. The molecule has 4 fully saturated rings. The van der Waals surface area contributed by atoms with Gasteiger partial charge in [-0.2, -0.15) is 0 Å². The van der Waals surface area contributed by atoms with Crippen molar-refractivity contribution in [2.24, 2.45) is 40.4 Å². The van der Waals surface area contributed by atoms with E-state index in [9.17, 15) is 4.79 Å². The van der Waals surface area contributed by atoms with Gasteiger partial charge in [-0.3, -0.25) is 4.79 Å². The van der Waals surface area contributed by atoms with E-state index in [0.717, 1.165) is 36.5 Å². The van der Waals surface area contributed by atoms with Crippen molar-refractivity contribution < 1.29 is 4.79 Å². The van der Waals surface area contributed by atoms with E-state index in [0.29, 0.717) is 27.1 Å². The molecule has 1 nitrogen and oxygen atoms in total. The van der Waals surface area contributed by atoms with Gasteiger partial charge in [-0.25, -0.2) is 0 Å². The Kier molecular flexibility index (Phi) is 8.47. The van der Waals surface area contributed by atoms with E-state index < -0.39 is 0 Å². The first kappa shape index (κ1) is 26.4. The zero-order chi connectivity index (χ0) is 24.5. The summed E-state index contributed by atoms with van der Waals surface area (Å²) in [4.78, 5) is 12.9. The summed E-state index contributed by atoms with van der Waals surface area (Å²) in [6, 6.07) is 0. The van der Waals surface area contributed by atoms with E-state index in [1.165, 1.54) is 109 Å².